The number of anilines is 1. The molecule has 0 aliphatic carbocycles. The summed E-state index contributed by atoms with van der Waals surface area (Å²) < 4.78 is 49.5. The Balaban J connectivity index is 0.000000198. The van der Waals surface area contributed by atoms with Gasteiger partial charge in [0.2, 0.25) is 5.89 Å². The molecule has 10 nitrogen and oxygen atoms in total. The predicted molar refractivity (Wildman–Crippen MR) is 136 cm³/mol. The Kier molecular flexibility index (Phi) is 7.68. The molecule has 6 rings (SSSR count). The summed E-state index contributed by atoms with van der Waals surface area (Å²) in [5.41, 5.74) is 2.61. The molecule has 0 radical (unpaired) electrons. The molecule has 5 heterocycles. The highest BCUT2D eigenvalue weighted by atomic mass is 19.3. The molecule has 0 bridgehead atoms. The summed E-state index contributed by atoms with van der Waals surface area (Å²) in [6, 6.07) is 11.1. The van der Waals surface area contributed by atoms with Gasteiger partial charge in [-0.2, -0.15) is 8.78 Å². The minimum atomic E-state index is -2.86. The number of piperazine rings is 1. The third-order valence-electron chi connectivity index (χ3n) is 5.99. The van der Waals surface area contributed by atoms with Gasteiger partial charge in [-0.15, -0.1) is 10.2 Å². The van der Waals surface area contributed by atoms with Crippen molar-refractivity contribution in [3.63, 3.8) is 0 Å². The van der Waals surface area contributed by atoms with E-state index in [2.05, 4.69) is 49.4 Å². The van der Waals surface area contributed by atoms with Crippen molar-refractivity contribution in [2.24, 2.45) is 0 Å². The van der Waals surface area contributed by atoms with Gasteiger partial charge in [0.05, 0.1) is 23.3 Å². The molecule has 0 unspecified atom stereocenters. The number of nitrogens with one attached hydrogen (secondary N) is 1. The van der Waals surface area contributed by atoms with E-state index in [-0.39, 0.29) is 18.0 Å². The minimum Gasteiger partial charge on any atom is -0.415 e. The van der Waals surface area contributed by atoms with Gasteiger partial charge in [-0.05, 0) is 42.8 Å². The number of hydrogen-bond acceptors (Lipinski definition) is 9. The lowest BCUT2D eigenvalue weighted by Gasteiger charge is -2.28. The molecule has 0 spiro atoms. The van der Waals surface area contributed by atoms with E-state index in [1.54, 1.807) is 12.1 Å². The third-order valence-corrected chi connectivity index (χ3v) is 5.99. The molecule has 13 heteroatoms. The maximum absolute atomic E-state index is 13.4. The Bertz CT molecular complexity index is 1590. The van der Waals surface area contributed by atoms with Gasteiger partial charge in [-0.3, -0.25) is 9.55 Å². The fraction of sp³-hybridized carbons (Fsp3) is 0.269. The monoisotopic (exact) mass is 539 g/mol. The van der Waals surface area contributed by atoms with E-state index in [0.717, 1.165) is 32.0 Å². The molecule has 1 aliphatic rings. The SMILES string of the molecule is Cc1ccc(N2CCNCC2)nc1.O=c1oc2ccc(F)cc2n1Cc1ccc(-c2nnc(C(F)F)o2)cn1. The number of rotatable bonds is 5. The fourth-order valence-electron chi connectivity index (χ4n) is 3.97. The van der Waals surface area contributed by atoms with E-state index in [1.165, 1.54) is 34.5 Å². The first-order valence-corrected chi connectivity index (χ1v) is 12.1. The number of benzene rings is 1. The van der Waals surface area contributed by atoms with Crippen LogP contribution in [0.4, 0.5) is 19.0 Å². The zero-order chi connectivity index (χ0) is 27.4. The molecule has 4 aromatic heterocycles. The first-order chi connectivity index (χ1) is 18.9. The number of aryl methyl sites for hydroxylation is 1. The number of aromatic nitrogens is 5. The molecule has 0 amide bonds. The molecule has 202 valence electrons. The zero-order valence-corrected chi connectivity index (χ0v) is 20.9. The van der Waals surface area contributed by atoms with Crippen LogP contribution in [0.2, 0.25) is 0 Å². The summed E-state index contributed by atoms with van der Waals surface area (Å²) in [6.45, 7) is 6.37. The van der Waals surface area contributed by atoms with Crippen LogP contribution in [-0.2, 0) is 6.54 Å². The number of hydrogen-bond donors (Lipinski definition) is 1. The van der Waals surface area contributed by atoms with Gasteiger partial charge in [0.1, 0.15) is 11.6 Å². The molecule has 1 aromatic carbocycles. The van der Waals surface area contributed by atoms with Crippen LogP contribution in [0, 0.1) is 12.7 Å². The van der Waals surface area contributed by atoms with Crippen molar-refractivity contribution in [2.45, 2.75) is 19.9 Å². The van der Waals surface area contributed by atoms with Crippen molar-refractivity contribution in [1.29, 1.82) is 0 Å². The lowest BCUT2D eigenvalue weighted by molar-refractivity contribution is 0.116. The lowest BCUT2D eigenvalue weighted by atomic mass is 10.2. The van der Waals surface area contributed by atoms with E-state index in [1.807, 2.05) is 6.20 Å². The fourth-order valence-corrected chi connectivity index (χ4v) is 3.97. The maximum atomic E-state index is 13.4. The van der Waals surface area contributed by atoms with Gasteiger partial charge in [-0.25, -0.2) is 14.2 Å². The van der Waals surface area contributed by atoms with Crippen LogP contribution in [0.1, 0.15) is 23.6 Å². The summed E-state index contributed by atoms with van der Waals surface area (Å²) in [5.74, 6) is -0.904. The van der Waals surface area contributed by atoms with Crippen LogP contribution in [0.5, 0.6) is 0 Å². The Hall–Kier alpha value is -4.52. The van der Waals surface area contributed by atoms with Crippen molar-refractivity contribution in [3.8, 4) is 11.5 Å². The number of nitrogens with zero attached hydrogens (tertiary/aromatic N) is 6. The second-order valence-electron chi connectivity index (χ2n) is 8.78. The summed E-state index contributed by atoms with van der Waals surface area (Å²) in [4.78, 5) is 22.8. The zero-order valence-electron chi connectivity index (χ0n) is 20.9. The van der Waals surface area contributed by atoms with Crippen LogP contribution in [0.25, 0.3) is 22.6 Å². The van der Waals surface area contributed by atoms with Gasteiger partial charge in [0.15, 0.2) is 5.58 Å². The first-order valence-electron chi connectivity index (χ1n) is 12.1. The molecule has 1 fully saturated rings. The minimum absolute atomic E-state index is 0.0433. The Morgan fingerprint density at radius 3 is 2.49 bits per heavy atom. The highest BCUT2D eigenvalue weighted by Crippen LogP contribution is 2.23. The summed E-state index contributed by atoms with van der Waals surface area (Å²) in [5, 5.41) is 10.1. The lowest BCUT2D eigenvalue weighted by Crippen LogP contribution is -2.43. The van der Waals surface area contributed by atoms with Gasteiger partial charge in [0.25, 0.3) is 5.89 Å². The van der Waals surface area contributed by atoms with Crippen molar-refractivity contribution < 1.29 is 22.0 Å². The van der Waals surface area contributed by atoms with Crippen molar-refractivity contribution in [2.75, 3.05) is 31.1 Å². The molecular formula is C26H24F3N7O3. The average Bonchev–Trinajstić information content (AvgIpc) is 3.56. The predicted octanol–water partition coefficient (Wildman–Crippen LogP) is 3.96. The number of oxazole rings is 1. The number of pyridine rings is 2. The molecule has 0 saturated carbocycles. The number of fused-ring (bicyclic) bond motifs is 1. The molecule has 39 heavy (non-hydrogen) atoms. The van der Waals surface area contributed by atoms with E-state index in [9.17, 15) is 18.0 Å². The average molecular weight is 540 g/mol. The maximum Gasteiger partial charge on any atom is 0.420 e. The van der Waals surface area contributed by atoms with Crippen molar-refractivity contribution >= 4 is 16.9 Å². The molecular weight excluding hydrogens is 515 g/mol. The molecule has 5 aromatic rings. The summed E-state index contributed by atoms with van der Waals surface area (Å²) in [6.07, 6.45) is 0.425. The van der Waals surface area contributed by atoms with E-state index < -0.39 is 23.9 Å². The molecule has 1 saturated heterocycles. The first kappa shape index (κ1) is 26.1. The summed E-state index contributed by atoms with van der Waals surface area (Å²) in [7, 11) is 0. The molecule has 1 aliphatic heterocycles. The van der Waals surface area contributed by atoms with Crippen LogP contribution >= 0.6 is 0 Å². The Morgan fingerprint density at radius 1 is 1.00 bits per heavy atom. The third kappa shape index (κ3) is 6.14. The second-order valence-corrected chi connectivity index (χ2v) is 8.78. The topological polar surface area (TPSA) is 115 Å². The second kappa shape index (κ2) is 11.5. The number of halogens is 3. The molecule has 0 atom stereocenters. The Morgan fingerprint density at radius 2 is 1.82 bits per heavy atom. The highest BCUT2D eigenvalue weighted by Gasteiger charge is 2.17. The smallest absolute Gasteiger partial charge is 0.415 e. The van der Waals surface area contributed by atoms with Gasteiger partial charge in [-0.1, -0.05) is 6.07 Å². The van der Waals surface area contributed by atoms with E-state index >= 15 is 0 Å². The van der Waals surface area contributed by atoms with Crippen LogP contribution in [-0.4, -0.2) is 50.9 Å². The van der Waals surface area contributed by atoms with Crippen molar-refractivity contribution in [1.82, 2.24) is 30.0 Å². The van der Waals surface area contributed by atoms with Crippen molar-refractivity contribution in [3.05, 3.63) is 88.4 Å². The summed E-state index contributed by atoms with van der Waals surface area (Å²) >= 11 is 0. The van der Waals surface area contributed by atoms with Crippen LogP contribution in [0.15, 0.2) is 68.5 Å². The quantitative estimate of drug-likeness (QED) is 0.354. The Labute approximate surface area is 220 Å². The van der Waals surface area contributed by atoms with E-state index in [0.29, 0.717) is 16.8 Å². The van der Waals surface area contributed by atoms with Crippen LogP contribution < -0.4 is 16.0 Å². The molecule has 1 N–H and O–H groups in total. The van der Waals surface area contributed by atoms with Crippen LogP contribution in [0.3, 0.4) is 0 Å². The van der Waals surface area contributed by atoms with Gasteiger partial charge < -0.3 is 19.1 Å². The highest BCUT2D eigenvalue weighted by molar-refractivity contribution is 5.72. The van der Waals surface area contributed by atoms with E-state index in [4.69, 9.17) is 8.83 Å². The van der Waals surface area contributed by atoms with Gasteiger partial charge in [0, 0.05) is 44.6 Å². The normalized spacial score (nSPS) is 13.5. The van der Waals surface area contributed by atoms with Gasteiger partial charge >= 0.3 is 12.2 Å². The number of alkyl halides is 2. The largest absolute Gasteiger partial charge is 0.420 e. The standard InChI is InChI=1S/C16H9F3N4O3.C10H15N3/c17-9-2-4-12-11(5-9)23(16(24)25-12)7-10-3-1-8(6-20-10)14-21-22-15(26-14)13(18)19;1-9-2-3-10(12-8-9)13-6-4-11-5-7-13/h1-6,13H,7H2;2-3,8,11H,4-7H2,1H3.